The lowest BCUT2D eigenvalue weighted by Gasteiger charge is -2.31. The van der Waals surface area contributed by atoms with E-state index in [0.29, 0.717) is 25.4 Å². The third kappa shape index (κ3) is 5.01. The van der Waals surface area contributed by atoms with Crippen LogP contribution in [0.3, 0.4) is 0 Å². The minimum absolute atomic E-state index is 0.212. The van der Waals surface area contributed by atoms with E-state index in [2.05, 4.69) is 57.8 Å². The Balaban J connectivity index is 1.37. The number of benzene rings is 2. The van der Waals surface area contributed by atoms with Crippen LogP contribution in [0.15, 0.2) is 59.6 Å². The smallest absolute Gasteiger partial charge is 0.372 e. The first-order valence-electron chi connectivity index (χ1n) is 12.5. The number of hydrogen-bond donors (Lipinski definition) is 0. The van der Waals surface area contributed by atoms with E-state index in [1.54, 1.807) is 0 Å². The van der Waals surface area contributed by atoms with Gasteiger partial charge in [-0.15, -0.1) is 0 Å². The summed E-state index contributed by atoms with van der Waals surface area (Å²) in [4.78, 5) is 10.7. The minimum atomic E-state index is -5.36. The van der Waals surface area contributed by atoms with Gasteiger partial charge in [0, 0.05) is 54.7 Å². The zero-order chi connectivity index (χ0) is 26.4. The summed E-state index contributed by atoms with van der Waals surface area (Å²) in [7, 11) is -5.36. The lowest BCUT2D eigenvalue weighted by molar-refractivity contribution is -0.0436. The van der Waals surface area contributed by atoms with Gasteiger partial charge in [0.15, 0.2) is 0 Å². The number of halogens is 3. The van der Waals surface area contributed by atoms with Crippen LogP contribution in [-0.4, -0.2) is 55.7 Å². The largest absolute Gasteiger partial charge is 0.501 e. The standard InChI is InChI=1S/C27H31F3N4O2S/c1-26(2)18-33(21-6-9-23(10-7-21)37(35,36)27(28,29)30)19-34(26)17-20-12-13-31-25-11-8-22(16-24(20)25)32-14-4-3-5-15-32/h6-13,16H,3-5,14-15,17-19H2,1-2H3. The van der Waals surface area contributed by atoms with Crippen LogP contribution in [0.5, 0.6) is 0 Å². The average Bonchev–Trinajstić information content (AvgIpc) is 3.17. The fourth-order valence-corrected chi connectivity index (χ4v) is 6.07. The molecule has 2 saturated heterocycles. The zero-order valence-corrected chi connectivity index (χ0v) is 21.8. The molecule has 0 unspecified atom stereocenters. The van der Waals surface area contributed by atoms with Crippen molar-refractivity contribution in [2.24, 2.45) is 0 Å². The Hall–Kier alpha value is -2.85. The maximum Gasteiger partial charge on any atom is 0.501 e. The van der Waals surface area contributed by atoms with Crippen LogP contribution < -0.4 is 9.80 Å². The molecule has 2 aromatic carbocycles. The fraction of sp³-hybridized carbons (Fsp3) is 0.444. The van der Waals surface area contributed by atoms with Gasteiger partial charge in [0.2, 0.25) is 0 Å². The number of pyridine rings is 1. The summed E-state index contributed by atoms with van der Waals surface area (Å²) in [6.45, 7) is 8.31. The summed E-state index contributed by atoms with van der Waals surface area (Å²) in [5.74, 6) is 0. The van der Waals surface area contributed by atoms with Crippen LogP contribution in [0.4, 0.5) is 24.5 Å². The molecule has 10 heteroatoms. The van der Waals surface area contributed by atoms with Gasteiger partial charge in [0.05, 0.1) is 17.1 Å². The Morgan fingerprint density at radius 3 is 2.27 bits per heavy atom. The zero-order valence-electron chi connectivity index (χ0n) is 21.0. The minimum Gasteiger partial charge on any atom is -0.372 e. The van der Waals surface area contributed by atoms with Crippen LogP contribution in [0.2, 0.25) is 0 Å². The molecule has 2 fully saturated rings. The third-order valence-electron chi connectivity index (χ3n) is 7.49. The van der Waals surface area contributed by atoms with E-state index in [4.69, 9.17) is 0 Å². The average molecular weight is 533 g/mol. The van der Waals surface area contributed by atoms with Gasteiger partial charge >= 0.3 is 5.51 Å². The summed E-state index contributed by atoms with van der Waals surface area (Å²) < 4.78 is 62.2. The van der Waals surface area contributed by atoms with Crippen molar-refractivity contribution >= 4 is 32.1 Å². The van der Waals surface area contributed by atoms with E-state index >= 15 is 0 Å². The second kappa shape index (κ2) is 9.47. The molecule has 3 heterocycles. The number of hydrogen-bond acceptors (Lipinski definition) is 6. The molecule has 198 valence electrons. The first-order chi connectivity index (χ1) is 17.5. The van der Waals surface area contributed by atoms with E-state index in [1.807, 2.05) is 6.20 Å². The van der Waals surface area contributed by atoms with Gasteiger partial charge in [-0.3, -0.25) is 9.88 Å². The summed E-state index contributed by atoms with van der Waals surface area (Å²) in [5.41, 5.74) is -1.50. The Kier molecular flexibility index (Phi) is 6.60. The van der Waals surface area contributed by atoms with Crippen molar-refractivity contribution in [2.45, 2.75) is 55.6 Å². The number of sulfone groups is 1. The molecule has 3 aromatic rings. The number of anilines is 2. The topological polar surface area (TPSA) is 56.8 Å². The molecule has 0 N–H and O–H groups in total. The monoisotopic (exact) mass is 532 g/mol. The highest BCUT2D eigenvalue weighted by Crippen LogP contribution is 2.35. The number of fused-ring (bicyclic) bond motifs is 1. The molecule has 2 aliphatic rings. The third-order valence-corrected chi connectivity index (χ3v) is 8.99. The molecule has 0 amide bonds. The van der Waals surface area contributed by atoms with Crippen molar-refractivity contribution in [3.05, 3.63) is 60.3 Å². The molecule has 1 aromatic heterocycles. The van der Waals surface area contributed by atoms with Crippen molar-refractivity contribution in [2.75, 3.05) is 36.1 Å². The van der Waals surface area contributed by atoms with Gasteiger partial charge in [0.1, 0.15) is 0 Å². The first kappa shape index (κ1) is 25.8. The van der Waals surface area contributed by atoms with Crippen LogP contribution in [-0.2, 0) is 16.4 Å². The second-order valence-electron chi connectivity index (χ2n) is 10.5. The quantitative estimate of drug-likeness (QED) is 0.428. The predicted octanol–water partition coefficient (Wildman–Crippen LogP) is 5.58. The lowest BCUT2D eigenvalue weighted by Crippen LogP contribution is -2.39. The maximum absolute atomic E-state index is 12.9. The molecule has 2 aliphatic heterocycles. The van der Waals surface area contributed by atoms with Gasteiger partial charge in [-0.25, -0.2) is 8.42 Å². The van der Waals surface area contributed by atoms with Gasteiger partial charge in [0.25, 0.3) is 9.84 Å². The van der Waals surface area contributed by atoms with Crippen molar-refractivity contribution < 1.29 is 21.6 Å². The van der Waals surface area contributed by atoms with Crippen molar-refractivity contribution in [1.29, 1.82) is 0 Å². The fourth-order valence-electron chi connectivity index (χ4n) is 5.30. The van der Waals surface area contributed by atoms with Crippen molar-refractivity contribution in [3.8, 4) is 0 Å². The summed E-state index contributed by atoms with van der Waals surface area (Å²) >= 11 is 0. The van der Waals surface area contributed by atoms with E-state index in [1.165, 1.54) is 42.6 Å². The molecule has 5 rings (SSSR count). The van der Waals surface area contributed by atoms with Crippen LogP contribution in [0.1, 0.15) is 38.7 Å². The van der Waals surface area contributed by atoms with Gasteiger partial charge < -0.3 is 9.80 Å². The maximum atomic E-state index is 12.9. The number of rotatable bonds is 5. The number of aromatic nitrogens is 1. The first-order valence-corrected chi connectivity index (χ1v) is 14.0. The van der Waals surface area contributed by atoms with Gasteiger partial charge in [-0.2, -0.15) is 13.2 Å². The highest BCUT2D eigenvalue weighted by Gasteiger charge is 2.47. The molecule has 0 bridgehead atoms. The molecule has 0 atom stereocenters. The van der Waals surface area contributed by atoms with Crippen molar-refractivity contribution in [3.63, 3.8) is 0 Å². The van der Waals surface area contributed by atoms with Gasteiger partial charge in [-0.1, -0.05) is 0 Å². The van der Waals surface area contributed by atoms with Crippen LogP contribution in [0.25, 0.3) is 10.9 Å². The summed E-state index contributed by atoms with van der Waals surface area (Å²) in [6, 6.07) is 13.5. The molecule has 6 nitrogen and oxygen atoms in total. The molecular formula is C27H31F3N4O2S. The van der Waals surface area contributed by atoms with E-state index < -0.39 is 20.2 Å². The molecule has 0 saturated carbocycles. The Bertz CT molecular complexity index is 1390. The molecule has 37 heavy (non-hydrogen) atoms. The van der Waals surface area contributed by atoms with E-state index in [9.17, 15) is 21.6 Å². The summed E-state index contributed by atoms with van der Waals surface area (Å²) in [5, 5.41) is 1.13. The molecular weight excluding hydrogens is 501 g/mol. The van der Waals surface area contributed by atoms with E-state index in [0.717, 1.165) is 36.1 Å². The SMILES string of the molecule is CC1(C)CN(c2ccc(S(=O)(=O)C(F)(F)F)cc2)CN1Cc1ccnc2ccc(N3CCCCC3)cc12. The highest BCUT2D eigenvalue weighted by molar-refractivity contribution is 7.92. The lowest BCUT2D eigenvalue weighted by atomic mass is 10.0. The highest BCUT2D eigenvalue weighted by atomic mass is 32.2. The van der Waals surface area contributed by atoms with Crippen LogP contribution in [0, 0.1) is 0 Å². The Morgan fingerprint density at radius 1 is 0.919 bits per heavy atom. The number of nitrogens with zero attached hydrogens (tertiary/aromatic N) is 4. The summed E-state index contributed by atoms with van der Waals surface area (Å²) in [6.07, 6.45) is 5.52. The Labute approximate surface area is 215 Å². The van der Waals surface area contributed by atoms with Gasteiger partial charge in [-0.05, 0) is 87.2 Å². The van der Waals surface area contributed by atoms with Crippen molar-refractivity contribution in [1.82, 2.24) is 9.88 Å². The molecule has 0 aliphatic carbocycles. The number of alkyl halides is 3. The van der Waals surface area contributed by atoms with Crippen LogP contribution >= 0.6 is 0 Å². The second-order valence-corrected chi connectivity index (χ2v) is 12.5. The van der Waals surface area contributed by atoms with E-state index in [-0.39, 0.29) is 5.54 Å². The normalized spacial score (nSPS) is 19.1. The number of piperidine rings is 1. The molecule has 0 spiro atoms. The predicted molar refractivity (Wildman–Crippen MR) is 139 cm³/mol. The Morgan fingerprint density at radius 2 is 1.59 bits per heavy atom. The molecule has 0 radical (unpaired) electrons.